The van der Waals surface area contributed by atoms with Crippen LogP contribution in [0.2, 0.25) is 0 Å². The van der Waals surface area contributed by atoms with E-state index in [1.54, 1.807) is 0 Å². The molecule has 136 valence electrons. The van der Waals surface area contributed by atoms with Crippen LogP contribution in [0.15, 0.2) is 48.7 Å². The molecule has 1 aromatic carbocycles. The van der Waals surface area contributed by atoms with Gasteiger partial charge >= 0.3 is 0 Å². The fraction of sp³-hybridized carbons (Fsp3) is 0.500. The van der Waals surface area contributed by atoms with Gasteiger partial charge in [0.1, 0.15) is 0 Å². The number of hydrogen-bond acceptors (Lipinski definition) is 1. The van der Waals surface area contributed by atoms with Crippen LogP contribution in [0.4, 0.5) is 0 Å². The first-order chi connectivity index (χ1) is 11.9. The Kier molecular flexibility index (Phi) is 6.86. The molecule has 0 saturated carbocycles. The molecule has 0 bridgehead atoms. The molecule has 0 fully saturated rings. The first-order valence-corrected chi connectivity index (χ1v) is 9.35. The van der Waals surface area contributed by atoms with Crippen LogP contribution in [-0.4, -0.2) is 21.9 Å². The van der Waals surface area contributed by atoms with Crippen molar-refractivity contribution >= 4 is 5.91 Å². The van der Waals surface area contributed by atoms with Crippen molar-refractivity contribution < 1.29 is 4.79 Å². The van der Waals surface area contributed by atoms with Gasteiger partial charge in [-0.15, -0.1) is 0 Å². The van der Waals surface area contributed by atoms with E-state index >= 15 is 0 Å². The van der Waals surface area contributed by atoms with E-state index in [1.165, 1.54) is 11.3 Å². The number of aromatic nitrogens is 1. The van der Waals surface area contributed by atoms with E-state index in [2.05, 4.69) is 74.9 Å². The van der Waals surface area contributed by atoms with Gasteiger partial charge in [0.05, 0.1) is 6.54 Å². The zero-order chi connectivity index (χ0) is 18.3. The summed E-state index contributed by atoms with van der Waals surface area (Å²) >= 11 is 0. The molecule has 0 N–H and O–H groups in total. The molecule has 0 radical (unpaired) electrons. The van der Waals surface area contributed by atoms with E-state index in [0.29, 0.717) is 13.0 Å². The molecule has 0 aliphatic carbocycles. The predicted molar refractivity (Wildman–Crippen MR) is 104 cm³/mol. The van der Waals surface area contributed by atoms with Crippen molar-refractivity contribution in [3.63, 3.8) is 0 Å². The van der Waals surface area contributed by atoms with Gasteiger partial charge in [0.25, 0.3) is 0 Å². The Morgan fingerprint density at radius 2 is 1.80 bits per heavy atom. The van der Waals surface area contributed by atoms with E-state index < -0.39 is 0 Å². The maximum Gasteiger partial charge on any atom is 0.223 e. The number of hydrogen-bond donors (Lipinski definition) is 0. The fourth-order valence-corrected chi connectivity index (χ4v) is 2.93. The van der Waals surface area contributed by atoms with Crippen LogP contribution in [0.3, 0.4) is 0 Å². The van der Waals surface area contributed by atoms with E-state index in [-0.39, 0.29) is 11.3 Å². The third-order valence-corrected chi connectivity index (χ3v) is 4.29. The molecule has 1 heterocycles. The zero-order valence-electron chi connectivity index (χ0n) is 16.2. The highest BCUT2D eigenvalue weighted by atomic mass is 16.2. The number of rotatable bonds is 8. The van der Waals surface area contributed by atoms with Gasteiger partial charge in [-0.05, 0) is 29.5 Å². The Balaban J connectivity index is 2.10. The van der Waals surface area contributed by atoms with Crippen LogP contribution in [0.1, 0.15) is 58.2 Å². The molecule has 3 nitrogen and oxygen atoms in total. The lowest BCUT2D eigenvalue weighted by atomic mass is 9.91. The second-order valence-corrected chi connectivity index (χ2v) is 8.02. The van der Waals surface area contributed by atoms with E-state index in [4.69, 9.17) is 0 Å². The second-order valence-electron chi connectivity index (χ2n) is 8.02. The number of unbranched alkanes of at least 4 members (excludes halogenated alkanes) is 1. The van der Waals surface area contributed by atoms with Gasteiger partial charge in [0.15, 0.2) is 0 Å². The molecule has 0 aliphatic rings. The number of nitrogens with zero attached hydrogens (tertiary/aromatic N) is 2. The third kappa shape index (κ3) is 6.41. The second kappa shape index (κ2) is 8.89. The predicted octanol–water partition coefficient (Wildman–Crippen LogP) is 5.10. The summed E-state index contributed by atoms with van der Waals surface area (Å²) in [5, 5.41) is 0. The molecule has 3 heteroatoms. The Hall–Kier alpha value is -2.03. The van der Waals surface area contributed by atoms with Crippen molar-refractivity contribution in [3.8, 4) is 0 Å². The summed E-state index contributed by atoms with van der Waals surface area (Å²) in [5.74, 6) is 0.258. The van der Waals surface area contributed by atoms with Gasteiger partial charge in [-0.1, -0.05) is 64.4 Å². The van der Waals surface area contributed by atoms with Gasteiger partial charge in [0, 0.05) is 31.4 Å². The SMILES string of the molecule is CCCCN(Cc1cccn1Cc1ccccc1)C(=O)CC(C)(C)C. The van der Waals surface area contributed by atoms with E-state index in [0.717, 1.165) is 25.9 Å². The molecular formula is C22H32N2O. The standard InChI is InChI=1S/C22H32N2O/c1-5-6-14-24(21(25)16-22(2,3)4)18-20-13-10-15-23(20)17-19-11-8-7-9-12-19/h7-13,15H,5-6,14,16-18H2,1-4H3. The van der Waals surface area contributed by atoms with Crippen LogP contribution < -0.4 is 0 Å². The van der Waals surface area contributed by atoms with Crippen LogP contribution in [0, 0.1) is 5.41 Å². The quantitative estimate of drug-likeness (QED) is 0.656. The van der Waals surface area contributed by atoms with Crippen molar-refractivity contribution in [1.29, 1.82) is 0 Å². The van der Waals surface area contributed by atoms with E-state index in [1.807, 2.05) is 11.0 Å². The minimum absolute atomic E-state index is 0.0214. The molecule has 25 heavy (non-hydrogen) atoms. The Morgan fingerprint density at radius 1 is 1.08 bits per heavy atom. The maximum atomic E-state index is 12.8. The van der Waals surface area contributed by atoms with Crippen LogP contribution in [-0.2, 0) is 17.9 Å². The van der Waals surface area contributed by atoms with Gasteiger partial charge in [0.2, 0.25) is 5.91 Å². The molecule has 0 spiro atoms. The summed E-state index contributed by atoms with van der Waals surface area (Å²) < 4.78 is 2.25. The molecular weight excluding hydrogens is 308 g/mol. The monoisotopic (exact) mass is 340 g/mol. The number of carbonyl (C=O) groups is 1. The largest absolute Gasteiger partial charge is 0.345 e. The lowest BCUT2D eigenvalue weighted by molar-refractivity contribution is -0.133. The molecule has 2 rings (SSSR count). The summed E-state index contributed by atoms with van der Waals surface area (Å²) in [6.45, 7) is 10.9. The highest BCUT2D eigenvalue weighted by molar-refractivity contribution is 5.76. The smallest absolute Gasteiger partial charge is 0.223 e. The minimum Gasteiger partial charge on any atom is -0.345 e. The molecule has 1 aromatic heterocycles. The lowest BCUT2D eigenvalue weighted by Gasteiger charge is -2.27. The number of benzene rings is 1. The van der Waals surface area contributed by atoms with Crippen molar-refractivity contribution in [1.82, 2.24) is 9.47 Å². The number of amides is 1. The third-order valence-electron chi connectivity index (χ3n) is 4.29. The van der Waals surface area contributed by atoms with E-state index in [9.17, 15) is 4.79 Å². The van der Waals surface area contributed by atoms with Gasteiger partial charge in [-0.25, -0.2) is 0 Å². The van der Waals surface area contributed by atoms with Crippen molar-refractivity contribution in [2.45, 2.75) is 60.0 Å². The van der Waals surface area contributed by atoms with Gasteiger partial charge < -0.3 is 9.47 Å². The van der Waals surface area contributed by atoms with Crippen LogP contribution >= 0.6 is 0 Å². The summed E-state index contributed by atoms with van der Waals surface area (Å²) in [6, 6.07) is 14.7. The average Bonchev–Trinajstić information content (AvgIpc) is 2.97. The normalized spacial score (nSPS) is 11.5. The number of carbonyl (C=O) groups excluding carboxylic acids is 1. The summed E-state index contributed by atoms with van der Waals surface area (Å²) in [5.41, 5.74) is 2.50. The Morgan fingerprint density at radius 3 is 2.44 bits per heavy atom. The lowest BCUT2D eigenvalue weighted by Crippen LogP contribution is -2.34. The van der Waals surface area contributed by atoms with Gasteiger partial charge in [-0.2, -0.15) is 0 Å². The summed E-state index contributed by atoms with van der Waals surface area (Å²) in [6.07, 6.45) is 4.85. The highest BCUT2D eigenvalue weighted by Crippen LogP contribution is 2.21. The molecule has 0 unspecified atom stereocenters. The molecule has 0 aliphatic heterocycles. The van der Waals surface area contributed by atoms with Crippen LogP contribution in [0.25, 0.3) is 0 Å². The molecule has 1 amide bonds. The summed E-state index contributed by atoms with van der Waals surface area (Å²) in [4.78, 5) is 14.8. The first kappa shape index (κ1) is 19.3. The van der Waals surface area contributed by atoms with Crippen molar-refractivity contribution in [2.24, 2.45) is 5.41 Å². The summed E-state index contributed by atoms with van der Waals surface area (Å²) in [7, 11) is 0. The molecule has 2 aromatic rings. The van der Waals surface area contributed by atoms with Crippen molar-refractivity contribution in [3.05, 3.63) is 59.9 Å². The first-order valence-electron chi connectivity index (χ1n) is 9.35. The maximum absolute atomic E-state index is 12.8. The molecule has 0 saturated heterocycles. The zero-order valence-corrected chi connectivity index (χ0v) is 16.2. The van der Waals surface area contributed by atoms with Crippen molar-refractivity contribution in [2.75, 3.05) is 6.54 Å². The molecule has 0 atom stereocenters. The van der Waals surface area contributed by atoms with Crippen LogP contribution in [0.5, 0.6) is 0 Å². The fourth-order valence-electron chi connectivity index (χ4n) is 2.93. The minimum atomic E-state index is 0.0214. The highest BCUT2D eigenvalue weighted by Gasteiger charge is 2.21. The topological polar surface area (TPSA) is 25.2 Å². The average molecular weight is 341 g/mol. The Bertz CT molecular complexity index is 652. The Labute approximate surface area is 152 Å². The van der Waals surface area contributed by atoms with Gasteiger partial charge in [-0.3, -0.25) is 4.79 Å².